The highest BCUT2D eigenvalue weighted by atomic mass is 16.5. The standard InChI is InChI=1S/C26H24N2O5/c29-23-13-18(16-27(23)15-17-7-2-1-3-8-17)26(32)33-20-10-6-9-19(14-20)28-24(30)21-11-4-5-12-22(21)25(28)31/h1-10,14,18,21-22H,11-13,15-16H2/t18-,21-,22-/m1/s1. The molecule has 33 heavy (non-hydrogen) atoms. The van der Waals surface area contributed by atoms with Crippen LogP contribution in [0.1, 0.15) is 24.8 Å². The summed E-state index contributed by atoms with van der Waals surface area (Å²) < 4.78 is 5.56. The van der Waals surface area contributed by atoms with Gasteiger partial charge in [-0.1, -0.05) is 48.6 Å². The first-order valence-corrected chi connectivity index (χ1v) is 11.2. The van der Waals surface area contributed by atoms with E-state index in [1.165, 1.54) is 11.0 Å². The second-order valence-electron chi connectivity index (χ2n) is 8.75. The van der Waals surface area contributed by atoms with Gasteiger partial charge < -0.3 is 9.64 Å². The number of anilines is 1. The zero-order valence-corrected chi connectivity index (χ0v) is 18.1. The minimum atomic E-state index is -0.561. The van der Waals surface area contributed by atoms with Crippen LogP contribution in [0.5, 0.6) is 5.75 Å². The van der Waals surface area contributed by atoms with E-state index in [1.54, 1.807) is 23.1 Å². The molecule has 3 aliphatic rings. The first-order chi connectivity index (χ1) is 16.0. The Morgan fingerprint density at radius 1 is 0.909 bits per heavy atom. The van der Waals surface area contributed by atoms with E-state index in [2.05, 4.69) is 0 Å². The van der Waals surface area contributed by atoms with Crippen molar-refractivity contribution >= 4 is 29.4 Å². The lowest BCUT2D eigenvalue weighted by molar-refractivity contribution is -0.139. The molecule has 1 aliphatic carbocycles. The topological polar surface area (TPSA) is 84.0 Å². The highest BCUT2D eigenvalue weighted by Gasteiger charge is 2.48. The summed E-state index contributed by atoms with van der Waals surface area (Å²) in [5.74, 6) is -1.96. The number of rotatable bonds is 5. The summed E-state index contributed by atoms with van der Waals surface area (Å²) in [7, 11) is 0. The zero-order valence-electron chi connectivity index (χ0n) is 18.1. The van der Waals surface area contributed by atoms with E-state index in [1.807, 2.05) is 42.5 Å². The molecule has 0 saturated carbocycles. The largest absolute Gasteiger partial charge is 0.426 e. The third-order valence-corrected chi connectivity index (χ3v) is 6.57. The average molecular weight is 444 g/mol. The van der Waals surface area contributed by atoms with Gasteiger partial charge in [-0.05, 0) is 30.5 Å². The summed E-state index contributed by atoms with van der Waals surface area (Å²) >= 11 is 0. The fourth-order valence-corrected chi connectivity index (χ4v) is 4.83. The van der Waals surface area contributed by atoms with Crippen LogP contribution in [0.3, 0.4) is 0 Å². The third kappa shape index (κ3) is 4.06. The molecule has 0 N–H and O–H groups in total. The fourth-order valence-electron chi connectivity index (χ4n) is 4.83. The first kappa shape index (κ1) is 21.1. The van der Waals surface area contributed by atoms with Crippen LogP contribution in [0.25, 0.3) is 0 Å². The number of imide groups is 1. The van der Waals surface area contributed by atoms with Crippen LogP contribution in [0, 0.1) is 17.8 Å². The number of carbonyl (C=O) groups excluding carboxylic acids is 4. The Morgan fingerprint density at radius 2 is 1.61 bits per heavy atom. The van der Waals surface area contributed by atoms with E-state index in [4.69, 9.17) is 4.74 Å². The Labute approximate surface area is 191 Å². The maximum Gasteiger partial charge on any atom is 0.316 e. The minimum Gasteiger partial charge on any atom is -0.426 e. The number of nitrogens with zero attached hydrogens (tertiary/aromatic N) is 2. The van der Waals surface area contributed by atoms with Gasteiger partial charge in [-0.15, -0.1) is 0 Å². The second-order valence-corrected chi connectivity index (χ2v) is 8.75. The molecule has 7 nitrogen and oxygen atoms in total. The van der Waals surface area contributed by atoms with Crippen LogP contribution in [-0.2, 0) is 25.7 Å². The lowest BCUT2D eigenvalue weighted by Crippen LogP contribution is -2.31. The summed E-state index contributed by atoms with van der Waals surface area (Å²) in [5, 5.41) is 0. The van der Waals surface area contributed by atoms with Gasteiger partial charge in [0.1, 0.15) is 5.75 Å². The van der Waals surface area contributed by atoms with Crippen molar-refractivity contribution in [1.82, 2.24) is 4.90 Å². The Balaban J connectivity index is 1.26. The summed E-state index contributed by atoms with van der Waals surface area (Å²) in [6.45, 7) is 0.751. The Kier molecular flexibility index (Phi) is 5.54. The van der Waals surface area contributed by atoms with E-state index in [0.717, 1.165) is 5.56 Å². The number of hydrogen-bond acceptors (Lipinski definition) is 5. The van der Waals surface area contributed by atoms with Crippen LogP contribution in [-0.4, -0.2) is 35.1 Å². The average Bonchev–Trinajstić information content (AvgIpc) is 3.32. The molecule has 5 rings (SSSR count). The summed E-state index contributed by atoms with van der Waals surface area (Å²) in [4.78, 5) is 53.7. The number of fused-ring (bicyclic) bond motifs is 1. The van der Waals surface area contributed by atoms with Gasteiger partial charge in [-0.3, -0.25) is 19.2 Å². The molecule has 0 radical (unpaired) electrons. The van der Waals surface area contributed by atoms with Crippen molar-refractivity contribution in [1.29, 1.82) is 0 Å². The third-order valence-electron chi connectivity index (χ3n) is 6.57. The van der Waals surface area contributed by atoms with E-state index in [9.17, 15) is 19.2 Å². The Hall–Kier alpha value is -3.74. The molecule has 0 bridgehead atoms. The lowest BCUT2D eigenvalue weighted by atomic mass is 9.85. The molecule has 2 aromatic carbocycles. The molecule has 2 fully saturated rings. The molecule has 7 heteroatoms. The number of likely N-dealkylation sites (tertiary alicyclic amines) is 1. The van der Waals surface area contributed by atoms with Crippen LogP contribution < -0.4 is 9.64 Å². The normalized spacial score (nSPS) is 24.4. The molecule has 0 unspecified atom stereocenters. The highest BCUT2D eigenvalue weighted by molar-refractivity contribution is 6.22. The molecule has 2 heterocycles. The molecule has 2 aromatic rings. The molecule has 3 atom stereocenters. The van der Waals surface area contributed by atoms with E-state index < -0.39 is 11.9 Å². The number of hydrogen-bond donors (Lipinski definition) is 0. The van der Waals surface area contributed by atoms with Gasteiger partial charge in [-0.2, -0.15) is 0 Å². The zero-order chi connectivity index (χ0) is 22.9. The van der Waals surface area contributed by atoms with Crippen LogP contribution >= 0.6 is 0 Å². The number of esters is 1. The number of ether oxygens (including phenoxy) is 1. The van der Waals surface area contributed by atoms with Crippen molar-refractivity contribution in [2.24, 2.45) is 17.8 Å². The SMILES string of the molecule is O=C(Oc1cccc(N2C(=O)[C@@H]3CC=CC[C@H]3C2=O)c1)[C@@H]1CC(=O)N(Cc2ccccc2)C1. The van der Waals surface area contributed by atoms with E-state index in [0.29, 0.717) is 31.6 Å². The van der Waals surface area contributed by atoms with Crippen molar-refractivity contribution in [2.45, 2.75) is 25.8 Å². The smallest absolute Gasteiger partial charge is 0.316 e. The van der Waals surface area contributed by atoms with Crippen LogP contribution in [0.15, 0.2) is 66.7 Å². The van der Waals surface area contributed by atoms with Gasteiger partial charge in [-0.25, -0.2) is 4.90 Å². The monoisotopic (exact) mass is 444 g/mol. The van der Waals surface area contributed by atoms with Crippen molar-refractivity contribution < 1.29 is 23.9 Å². The molecule has 2 saturated heterocycles. The summed E-state index contributed by atoms with van der Waals surface area (Å²) in [6.07, 6.45) is 5.12. The minimum absolute atomic E-state index is 0.0842. The van der Waals surface area contributed by atoms with E-state index in [-0.39, 0.29) is 41.7 Å². The van der Waals surface area contributed by atoms with Gasteiger partial charge in [0.2, 0.25) is 17.7 Å². The van der Waals surface area contributed by atoms with Crippen LogP contribution in [0.2, 0.25) is 0 Å². The van der Waals surface area contributed by atoms with Crippen LogP contribution in [0.4, 0.5) is 5.69 Å². The van der Waals surface area contributed by atoms with Gasteiger partial charge in [0.05, 0.1) is 23.4 Å². The van der Waals surface area contributed by atoms with Gasteiger partial charge >= 0.3 is 5.97 Å². The second kappa shape index (κ2) is 8.65. The molecule has 168 valence electrons. The maximum atomic E-state index is 12.8. The number of allylic oxidation sites excluding steroid dienone is 2. The predicted molar refractivity (Wildman–Crippen MR) is 120 cm³/mol. The summed E-state index contributed by atoms with van der Waals surface area (Å²) in [6, 6.07) is 16.1. The first-order valence-electron chi connectivity index (χ1n) is 11.2. The molecular formula is C26H24N2O5. The van der Waals surface area contributed by atoms with Crippen molar-refractivity contribution in [3.63, 3.8) is 0 Å². The van der Waals surface area contributed by atoms with Crippen molar-refractivity contribution in [3.05, 3.63) is 72.3 Å². The fraction of sp³-hybridized carbons (Fsp3) is 0.308. The van der Waals surface area contributed by atoms with Crippen molar-refractivity contribution in [3.8, 4) is 5.75 Å². The van der Waals surface area contributed by atoms with Gasteiger partial charge in [0.25, 0.3) is 0 Å². The molecule has 0 aromatic heterocycles. The summed E-state index contributed by atoms with van der Waals surface area (Å²) in [5.41, 5.74) is 1.40. The quantitative estimate of drug-likeness (QED) is 0.306. The van der Waals surface area contributed by atoms with Crippen molar-refractivity contribution in [2.75, 3.05) is 11.4 Å². The number of benzene rings is 2. The molecular weight excluding hydrogens is 420 g/mol. The van der Waals surface area contributed by atoms with Gasteiger partial charge in [0.15, 0.2) is 0 Å². The Bertz CT molecular complexity index is 1120. The molecule has 2 aliphatic heterocycles. The Morgan fingerprint density at radius 3 is 2.30 bits per heavy atom. The van der Waals surface area contributed by atoms with Gasteiger partial charge in [0, 0.05) is 25.6 Å². The lowest BCUT2D eigenvalue weighted by Gasteiger charge is -2.17. The molecule has 0 spiro atoms. The predicted octanol–water partition coefficient (Wildman–Crippen LogP) is 3.10. The number of carbonyl (C=O) groups is 4. The maximum absolute atomic E-state index is 12.8. The van der Waals surface area contributed by atoms with E-state index >= 15 is 0 Å². The highest BCUT2D eigenvalue weighted by Crippen LogP contribution is 2.38. The molecule has 3 amide bonds. The number of amides is 3.